The molecule has 0 aliphatic heterocycles. The van der Waals surface area contributed by atoms with E-state index in [1.54, 1.807) is 6.92 Å². The van der Waals surface area contributed by atoms with Crippen LogP contribution in [-0.2, 0) is 14.3 Å². The Labute approximate surface area is 67.9 Å². The predicted octanol–water partition coefficient (Wildman–Crippen LogP) is 1.25. The first-order valence-electron chi connectivity index (χ1n) is 2.88. The highest BCUT2D eigenvalue weighted by molar-refractivity contribution is 9.18. The van der Waals surface area contributed by atoms with Gasteiger partial charge in [-0.05, 0) is 22.9 Å². The molecule has 0 aliphatic carbocycles. The molecule has 0 rings (SSSR count). The third-order valence-electron chi connectivity index (χ3n) is 0.815. The van der Waals surface area contributed by atoms with Crippen LogP contribution >= 0.6 is 15.9 Å². The number of hydrogen-bond acceptors (Lipinski definition) is 3. The summed E-state index contributed by atoms with van der Waals surface area (Å²) < 4.78 is 4.52. The molecule has 1 unspecified atom stereocenters. The average molecular weight is 209 g/mol. The lowest BCUT2D eigenvalue weighted by Crippen LogP contribution is -2.14. The predicted molar refractivity (Wildman–Crippen MR) is 39.8 cm³/mol. The van der Waals surface area contributed by atoms with Crippen molar-refractivity contribution in [2.24, 2.45) is 0 Å². The van der Waals surface area contributed by atoms with Gasteiger partial charge in [-0.25, -0.2) is 0 Å². The summed E-state index contributed by atoms with van der Waals surface area (Å²) in [7, 11) is 0. The van der Waals surface area contributed by atoms with Crippen molar-refractivity contribution in [2.45, 2.75) is 26.4 Å². The summed E-state index contributed by atoms with van der Waals surface area (Å²) in [5.41, 5.74) is 0. The fourth-order valence-corrected chi connectivity index (χ4v) is 1.01. The van der Waals surface area contributed by atoms with Gasteiger partial charge in [-0.1, -0.05) is 0 Å². The lowest BCUT2D eigenvalue weighted by Gasteiger charge is -2.07. The van der Waals surface area contributed by atoms with Crippen molar-refractivity contribution < 1.29 is 14.3 Å². The van der Waals surface area contributed by atoms with Crippen LogP contribution < -0.4 is 0 Å². The summed E-state index contributed by atoms with van der Waals surface area (Å²) >= 11 is 2.73. The van der Waals surface area contributed by atoms with Crippen LogP contribution in [0.1, 0.15) is 20.3 Å². The highest BCUT2D eigenvalue weighted by Gasteiger charge is 2.08. The third kappa shape index (κ3) is 5.75. The van der Waals surface area contributed by atoms with Gasteiger partial charge in [-0.15, -0.1) is 0 Å². The van der Waals surface area contributed by atoms with Gasteiger partial charge < -0.3 is 4.74 Å². The van der Waals surface area contributed by atoms with Gasteiger partial charge in [0.15, 0.2) is 0 Å². The number of rotatable bonds is 3. The zero-order valence-electron chi connectivity index (χ0n) is 5.89. The van der Waals surface area contributed by atoms with Crippen LogP contribution in [0.15, 0.2) is 0 Å². The zero-order valence-corrected chi connectivity index (χ0v) is 7.47. The Morgan fingerprint density at radius 1 is 1.60 bits per heavy atom. The molecule has 0 saturated heterocycles. The number of carbonyl (C=O) groups excluding carboxylic acids is 2. The minimum absolute atomic E-state index is 0.152. The van der Waals surface area contributed by atoms with Crippen LogP contribution in [0.25, 0.3) is 0 Å². The largest absolute Gasteiger partial charge is 0.462 e. The van der Waals surface area contributed by atoms with Gasteiger partial charge in [0.25, 0.3) is 0 Å². The second-order valence-electron chi connectivity index (χ2n) is 1.98. The highest BCUT2D eigenvalue weighted by Crippen LogP contribution is 2.01. The molecule has 0 saturated carbocycles. The molecule has 0 aromatic heterocycles. The number of hydrogen-bond donors (Lipinski definition) is 0. The fourth-order valence-electron chi connectivity index (χ4n) is 0.551. The molecular formula is C6H9BrO3. The first kappa shape index (κ1) is 9.62. The number of ether oxygens (including phenoxy) is 1. The van der Waals surface area contributed by atoms with E-state index < -0.39 is 0 Å². The summed E-state index contributed by atoms with van der Waals surface area (Å²) in [6.45, 7) is 2.98. The quantitative estimate of drug-likeness (QED) is 0.518. The van der Waals surface area contributed by atoms with Crippen LogP contribution in [0.4, 0.5) is 0 Å². The van der Waals surface area contributed by atoms with Gasteiger partial charge in [0, 0.05) is 6.92 Å². The monoisotopic (exact) mass is 208 g/mol. The number of esters is 1. The minimum atomic E-state index is -0.360. The van der Waals surface area contributed by atoms with E-state index in [0.29, 0.717) is 0 Å². The maximum Gasteiger partial charge on any atom is 0.302 e. The van der Waals surface area contributed by atoms with Crippen molar-refractivity contribution in [1.82, 2.24) is 0 Å². The SMILES string of the molecule is CC(=O)OC(C)CC(=O)Br. The van der Waals surface area contributed by atoms with Crippen LogP contribution in [0.5, 0.6) is 0 Å². The summed E-state index contributed by atoms with van der Waals surface area (Å²) in [6.07, 6.45) is -0.107. The van der Waals surface area contributed by atoms with Gasteiger partial charge in [0.05, 0.1) is 6.42 Å². The second-order valence-corrected chi connectivity index (χ2v) is 2.86. The van der Waals surface area contributed by atoms with Gasteiger partial charge in [0.1, 0.15) is 6.10 Å². The Morgan fingerprint density at radius 2 is 2.10 bits per heavy atom. The van der Waals surface area contributed by atoms with E-state index in [1.807, 2.05) is 0 Å². The molecule has 10 heavy (non-hydrogen) atoms. The normalized spacial score (nSPS) is 12.3. The lowest BCUT2D eigenvalue weighted by atomic mass is 10.3. The van der Waals surface area contributed by atoms with E-state index in [9.17, 15) is 9.59 Å². The van der Waals surface area contributed by atoms with Gasteiger partial charge in [-0.2, -0.15) is 0 Å². The molecule has 0 heterocycles. The van der Waals surface area contributed by atoms with Gasteiger partial charge in [-0.3, -0.25) is 9.59 Å². The van der Waals surface area contributed by atoms with Gasteiger partial charge in [0.2, 0.25) is 4.69 Å². The Morgan fingerprint density at radius 3 is 2.40 bits per heavy atom. The standard InChI is InChI=1S/C6H9BrO3/c1-4(3-6(7)9)10-5(2)8/h4H,3H2,1-2H3. The van der Waals surface area contributed by atoms with E-state index >= 15 is 0 Å². The van der Waals surface area contributed by atoms with Crippen molar-refractivity contribution in [1.29, 1.82) is 0 Å². The molecule has 58 valence electrons. The molecule has 0 aromatic carbocycles. The maximum atomic E-state index is 10.4. The average Bonchev–Trinajstić information content (AvgIpc) is 1.58. The Kier molecular flexibility index (Phi) is 4.27. The summed E-state index contributed by atoms with van der Waals surface area (Å²) in [5.74, 6) is -0.360. The summed E-state index contributed by atoms with van der Waals surface area (Å²) in [6, 6.07) is 0. The van der Waals surface area contributed by atoms with Crippen molar-refractivity contribution in [3.8, 4) is 0 Å². The first-order chi connectivity index (χ1) is 4.52. The molecule has 0 radical (unpaired) electrons. The topological polar surface area (TPSA) is 43.4 Å². The van der Waals surface area contributed by atoms with Crippen LogP contribution in [0, 0.1) is 0 Å². The molecule has 3 nitrogen and oxygen atoms in total. The second kappa shape index (κ2) is 4.44. The Balaban J connectivity index is 3.53. The number of halogens is 1. The molecular weight excluding hydrogens is 200 g/mol. The van der Waals surface area contributed by atoms with Crippen molar-refractivity contribution in [2.75, 3.05) is 0 Å². The first-order valence-corrected chi connectivity index (χ1v) is 3.67. The molecule has 0 spiro atoms. The smallest absolute Gasteiger partial charge is 0.302 e. The fraction of sp³-hybridized carbons (Fsp3) is 0.667. The van der Waals surface area contributed by atoms with Crippen molar-refractivity contribution >= 4 is 26.6 Å². The molecule has 0 aromatic rings. The van der Waals surface area contributed by atoms with Crippen molar-refractivity contribution in [3.63, 3.8) is 0 Å². The number of carbonyl (C=O) groups is 2. The zero-order chi connectivity index (χ0) is 8.15. The van der Waals surface area contributed by atoms with Crippen molar-refractivity contribution in [3.05, 3.63) is 0 Å². The van der Waals surface area contributed by atoms with Crippen LogP contribution in [-0.4, -0.2) is 16.8 Å². The summed E-state index contributed by atoms with van der Waals surface area (Å²) in [4.78, 5) is 20.6. The molecule has 0 bridgehead atoms. The van der Waals surface area contributed by atoms with E-state index in [1.165, 1.54) is 6.92 Å². The lowest BCUT2D eigenvalue weighted by molar-refractivity contribution is -0.146. The highest BCUT2D eigenvalue weighted by atomic mass is 79.9. The van der Waals surface area contributed by atoms with E-state index in [-0.39, 0.29) is 23.2 Å². The van der Waals surface area contributed by atoms with E-state index in [4.69, 9.17) is 0 Å². The van der Waals surface area contributed by atoms with E-state index in [2.05, 4.69) is 20.7 Å². The maximum absolute atomic E-state index is 10.4. The molecule has 0 N–H and O–H groups in total. The molecule has 0 aliphatic rings. The Bertz CT molecular complexity index is 128. The molecule has 0 fully saturated rings. The summed E-state index contributed by atoms with van der Waals surface area (Å²) in [5, 5.41) is 0. The molecule has 1 atom stereocenters. The third-order valence-corrected chi connectivity index (χ3v) is 1.14. The van der Waals surface area contributed by atoms with Crippen LogP contribution in [0.2, 0.25) is 0 Å². The molecule has 0 amide bonds. The van der Waals surface area contributed by atoms with Crippen LogP contribution in [0.3, 0.4) is 0 Å². The van der Waals surface area contributed by atoms with E-state index in [0.717, 1.165) is 0 Å². The van der Waals surface area contributed by atoms with Gasteiger partial charge >= 0.3 is 5.97 Å². The Hall–Kier alpha value is -0.380. The minimum Gasteiger partial charge on any atom is -0.462 e. The molecule has 4 heteroatoms.